The molecule has 0 aliphatic rings. The summed E-state index contributed by atoms with van der Waals surface area (Å²) in [6, 6.07) is 11.0. The molecule has 2 aromatic carbocycles. The van der Waals surface area contributed by atoms with Gasteiger partial charge in [-0.2, -0.15) is 5.26 Å². The third kappa shape index (κ3) is 3.46. The van der Waals surface area contributed by atoms with Crippen LogP contribution in [0, 0.1) is 14.9 Å². The molecule has 0 saturated carbocycles. The highest BCUT2D eigenvalue weighted by atomic mass is 127. The van der Waals surface area contributed by atoms with E-state index in [4.69, 9.17) is 10.00 Å². The van der Waals surface area contributed by atoms with E-state index in [2.05, 4.69) is 38.5 Å². The monoisotopic (exact) mass is 449 g/mol. The van der Waals surface area contributed by atoms with Crippen LogP contribution in [0.15, 0.2) is 40.9 Å². The molecule has 2 rings (SSSR count). The number of ether oxygens (including phenoxy) is 1. The Morgan fingerprint density at radius 3 is 2.65 bits per heavy atom. The summed E-state index contributed by atoms with van der Waals surface area (Å²) in [5, 5.41) is 8.87. The third-order valence-corrected chi connectivity index (χ3v) is 4.97. The second-order valence-electron chi connectivity index (χ2n) is 3.86. The molecule has 0 fully saturated rings. The molecule has 0 spiro atoms. The molecule has 0 atom stereocenters. The molecule has 2 aromatic rings. The second-order valence-corrected chi connectivity index (χ2v) is 5.79. The molecule has 0 unspecified atom stereocenters. The predicted molar refractivity (Wildman–Crippen MR) is 83.0 cm³/mol. The quantitative estimate of drug-likeness (QED) is 0.567. The van der Waals surface area contributed by atoms with Gasteiger partial charge in [0.15, 0.2) is 0 Å². The normalized spacial score (nSPS) is 10.4. The van der Waals surface area contributed by atoms with Crippen LogP contribution >= 0.6 is 38.5 Å². The number of nitriles is 1. The summed E-state index contributed by atoms with van der Waals surface area (Å²) in [6.07, 6.45) is -2.65. The fourth-order valence-electron chi connectivity index (χ4n) is 1.56. The number of alkyl halides is 2. The van der Waals surface area contributed by atoms with Gasteiger partial charge in [0.25, 0.3) is 6.43 Å². The lowest BCUT2D eigenvalue weighted by atomic mass is 10.1. The van der Waals surface area contributed by atoms with Crippen molar-refractivity contribution in [2.24, 2.45) is 0 Å². The molecular weight excluding hydrogens is 443 g/mol. The minimum Gasteiger partial charge on any atom is -0.456 e. The Morgan fingerprint density at radius 1 is 1.25 bits per heavy atom. The molecule has 0 amide bonds. The average Bonchev–Trinajstić information content (AvgIpc) is 2.43. The molecular formula is C14H7BrF2INO. The Bertz CT molecular complexity index is 685. The topological polar surface area (TPSA) is 33.0 Å². The van der Waals surface area contributed by atoms with Gasteiger partial charge in [-0.05, 0) is 68.9 Å². The molecule has 0 saturated heterocycles. The Morgan fingerprint density at radius 2 is 2.00 bits per heavy atom. The summed E-state index contributed by atoms with van der Waals surface area (Å²) in [5.41, 5.74) is -0.0909. The second kappa shape index (κ2) is 6.50. The minimum absolute atomic E-state index is 0.141. The Kier molecular flexibility index (Phi) is 4.94. The van der Waals surface area contributed by atoms with Crippen LogP contribution in [0.1, 0.15) is 17.6 Å². The van der Waals surface area contributed by atoms with Crippen LogP contribution in [0.5, 0.6) is 11.5 Å². The van der Waals surface area contributed by atoms with E-state index in [0.717, 1.165) is 14.1 Å². The van der Waals surface area contributed by atoms with E-state index in [1.54, 1.807) is 12.1 Å². The van der Waals surface area contributed by atoms with E-state index in [-0.39, 0.29) is 16.9 Å². The Balaban J connectivity index is 2.41. The van der Waals surface area contributed by atoms with E-state index in [0.29, 0.717) is 5.75 Å². The van der Waals surface area contributed by atoms with Gasteiger partial charge >= 0.3 is 0 Å². The van der Waals surface area contributed by atoms with Crippen LogP contribution in [0.3, 0.4) is 0 Å². The number of hydrogen-bond acceptors (Lipinski definition) is 2. The van der Waals surface area contributed by atoms with E-state index in [1.807, 2.05) is 12.1 Å². The van der Waals surface area contributed by atoms with Crippen LogP contribution in [0.25, 0.3) is 0 Å². The summed E-state index contributed by atoms with van der Waals surface area (Å²) < 4.78 is 32.8. The van der Waals surface area contributed by atoms with Crippen LogP contribution in [-0.4, -0.2) is 0 Å². The highest BCUT2D eigenvalue weighted by Crippen LogP contribution is 2.33. The first-order valence-corrected chi connectivity index (χ1v) is 7.33. The van der Waals surface area contributed by atoms with Crippen molar-refractivity contribution in [2.75, 3.05) is 0 Å². The van der Waals surface area contributed by atoms with Crippen molar-refractivity contribution in [3.8, 4) is 17.6 Å². The first kappa shape index (κ1) is 15.2. The van der Waals surface area contributed by atoms with Gasteiger partial charge in [0, 0.05) is 10.0 Å². The third-order valence-electron chi connectivity index (χ3n) is 2.45. The van der Waals surface area contributed by atoms with Crippen LogP contribution < -0.4 is 4.74 Å². The number of benzene rings is 2. The zero-order valence-corrected chi connectivity index (χ0v) is 13.7. The number of nitrogens with zero attached hydrogens (tertiary/aromatic N) is 1. The molecule has 0 heterocycles. The molecule has 0 aliphatic carbocycles. The van der Waals surface area contributed by atoms with Crippen molar-refractivity contribution >= 4 is 38.5 Å². The number of halogens is 4. The lowest BCUT2D eigenvalue weighted by Gasteiger charge is -2.10. The zero-order valence-electron chi connectivity index (χ0n) is 9.91. The van der Waals surface area contributed by atoms with Gasteiger partial charge < -0.3 is 4.74 Å². The molecule has 0 radical (unpaired) electrons. The summed E-state index contributed by atoms with van der Waals surface area (Å²) >= 11 is 5.45. The van der Waals surface area contributed by atoms with Crippen molar-refractivity contribution in [2.45, 2.75) is 6.43 Å². The molecule has 0 aliphatic heterocycles. The standard InChI is InChI=1S/C14H7BrF2INO/c15-11-2-1-3-12(13(11)18)20-10-5-8(7-19)4-9(6-10)14(16)17/h1-6,14H. The number of hydrogen-bond donors (Lipinski definition) is 0. The molecule has 0 aromatic heterocycles. The highest BCUT2D eigenvalue weighted by molar-refractivity contribution is 14.1. The average molecular weight is 450 g/mol. The molecule has 20 heavy (non-hydrogen) atoms. The predicted octanol–water partition coefficient (Wildman–Crippen LogP) is 5.66. The van der Waals surface area contributed by atoms with Gasteiger partial charge in [-0.25, -0.2) is 8.78 Å². The maximum Gasteiger partial charge on any atom is 0.264 e. The molecule has 6 heteroatoms. The smallest absolute Gasteiger partial charge is 0.264 e. The van der Waals surface area contributed by atoms with E-state index in [9.17, 15) is 8.78 Å². The lowest BCUT2D eigenvalue weighted by molar-refractivity contribution is 0.151. The largest absolute Gasteiger partial charge is 0.456 e. The van der Waals surface area contributed by atoms with Gasteiger partial charge in [-0.1, -0.05) is 6.07 Å². The summed E-state index contributed by atoms with van der Waals surface area (Å²) in [5.74, 6) is 0.755. The number of rotatable bonds is 3. The first-order valence-electron chi connectivity index (χ1n) is 5.46. The molecule has 2 nitrogen and oxygen atoms in total. The maximum absolute atomic E-state index is 12.8. The maximum atomic E-state index is 12.8. The van der Waals surface area contributed by atoms with Crippen molar-refractivity contribution in [3.05, 3.63) is 55.6 Å². The lowest BCUT2D eigenvalue weighted by Crippen LogP contribution is -1.92. The van der Waals surface area contributed by atoms with Gasteiger partial charge in [0.1, 0.15) is 11.5 Å². The summed E-state index contributed by atoms with van der Waals surface area (Å²) in [4.78, 5) is 0. The van der Waals surface area contributed by atoms with Crippen molar-refractivity contribution in [3.63, 3.8) is 0 Å². The van der Waals surface area contributed by atoms with Gasteiger partial charge in [0.2, 0.25) is 0 Å². The molecule has 0 N–H and O–H groups in total. The Labute approximate surface area is 136 Å². The van der Waals surface area contributed by atoms with Crippen molar-refractivity contribution in [1.29, 1.82) is 5.26 Å². The van der Waals surface area contributed by atoms with E-state index in [1.165, 1.54) is 12.1 Å². The van der Waals surface area contributed by atoms with Crippen molar-refractivity contribution in [1.82, 2.24) is 0 Å². The SMILES string of the molecule is N#Cc1cc(Oc2cccc(Br)c2I)cc(C(F)F)c1. The van der Waals surface area contributed by atoms with Gasteiger partial charge in [-0.15, -0.1) is 0 Å². The van der Waals surface area contributed by atoms with E-state index < -0.39 is 6.43 Å². The summed E-state index contributed by atoms with van der Waals surface area (Å²) in [7, 11) is 0. The fourth-order valence-corrected chi connectivity index (χ4v) is 2.38. The Hall–Kier alpha value is -1.20. The van der Waals surface area contributed by atoms with Crippen LogP contribution in [0.4, 0.5) is 8.78 Å². The molecule has 102 valence electrons. The van der Waals surface area contributed by atoms with E-state index >= 15 is 0 Å². The molecule has 0 bridgehead atoms. The van der Waals surface area contributed by atoms with Crippen LogP contribution in [0.2, 0.25) is 0 Å². The van der Waals surface area contributed by atoms with Crippen molar-refractivity contribution < 1.29 is 13.5 Å². The first-order chi connectivity index (χ1) is 9.51. The summed E-state index contributed by atoms with van der Waals surface area (Å²) in [6.45, 7) is 0. The zero-order chi connectivity index (χ0) is 14.7. The van der Waals surface area contributed by atoms with Crippen LogP contribution in [-0.2, 0) is 0 Å². The van der Waals surface area contributed by atoms with Gasteiger partial charge in [-0.3, -0.25) is 0 Å². The minimum atomic E-state index is -2.65. The van der Waals surface area contributed by atoms with Gasteiger partial charge in [0.05, 0.1) is 15.2 Å². The highest BCUT2D eigenvalue weighted by Gasteiger charge is 2.12. The fraction of sp³-hybridized carbons (Fsp3) is 0.0714.